The summed E-state index contributed by atoms with van der Waals surface area (Å²) in [5.41, 5.74) is 0. The van der Waals surface area contributed by atoms with Crippen LogP contribution in [0.3, 0.4) is 0 Å². The average molecular weight is 329 g/mol. The maximum atomic E-state index is 12.2. The number of rotatable bonds is 6. The van der Waals surface area contributed by atoms with Crippen LogP contribution in [-0.4, -0.2) is 8.42 Å². The van der Waals surface area contributed by atoms with E-state index in [0.717, 1.165) is 0 Å². The van der Waals surface area contributed by atoms with Crippen LogP contribution < -0.4 is 9.46 Å². The lowest BCUT2D eigenvalue weighted by atomic mass is 10.3. The Morgan fingerprint density at radius 3 is 2.22 bits per heavy atom. The zero-order valence-corrected chi connectivity index (χ0v) is 13.0. The second kappa shape index (κ2) is 6.68. The van der Waals surface area contributed by atoms with Crippen molar-refractivity contribution in [3.8, 4) is 11.5 Å². The van der Waals surface area contributed by atoms with Gasteiger partial charge < -0.3 is 9.15 Å². The van der Waals surface area contributed by atoms with Crippen molar-refractivity contribution in [3.63, 3.8) is 0 Å². The van der Waals surface area contributed by atoms with Crippen LogP contribution in [0.2, 0.25) is 0 Å². The van der Waals surface area contributed by atoms with E-state index < -0.39 is 10.0 Å². The molecule has 23 heavy (non-hydrogen) atoms. The maximum absolute atomic E-state index is 12.2. The molecule has 118 valence electrons. The molecule has 3 aromatic rings. The van der Waals surface area contributed by atoms with Gasteiger partial charge in [-0.2, -0.15) is 0 Å². The summed E-state index contributed by atoms with van der Waals surface area (Å²) in [5.74, 6) is 1.82. The van der Waals surface area contributed by atoms with E-state index in [-0.39, 0.29) is 11.4 Å². The van der Waals surface area contributed by atoms with E-state index in [9.17, 15) is 8.42 Å². The Bertz CT molecular complexity index is 841. The standard InChI is InChI=1S/C17H15NO4S/c19-23(20,18-13-16-7-4-12-21-16)17-10-8-15(9-11-17)22-14-5-2-1-3-6-14/h1-12,18H,13H2. The average Bonchev–Trinajstić information content (AvgIpc) is 3.08. The smallest absolute Gasteiger partial charge is 0.240 e. The van der Waals surface area contributed by atoms with E-state index in [1.54, 1.807) is 24.3 Å². The highest BCUT2D eigenvalue weighted by Crippen LogP contribution is 2.22. The molecule has 1 N–H and O–H groups in total. The minimum absolute atomic E-state index is 0.109. The van der Waals surface area contributed by atoms with Gasteiger partial charge in [-0.3, -0.25) is 0 Å². The first-order chi connectivity index (χ1) is 11.1. The van der Waals surface area contributed by atoms with E-state index in [0.29, 0.717) is 17.3 Å². The molecule has 2 aromatic carbocycles. The summed E-state index contributed by atoms with van der Waals surface area (Å²) in [5, 5.41) is 0. The Morgan fingerprint density at radius 2 is 1.57 bits per heavy atom. The van der Waals surface area contributed by atoms with E-state index in [4.69, 9.17) is 9.15 Å². The predicted molar refractivity (Wildman–Crippen MR) is 85.7 cm³/mol. The summed E-state index contributed by atoms with van der Waals surface area (Å²) in [4.78, 5) is 0.171. The second-order valence-electron chi connectivity index (χ2n) is 4.79. The van der Waals surface area contributed by atoms with E-state index in [2.05, 4.69) is 4.72 Å². The van der Waals surface area contributed by atoms with Crippen molar-refractivity contribution in [2.75, 3.05) is 0 Å². The highest BCUT2D eigenvalue weighted by Gasteiger charge is 2.14. The van der Waals surface area contributed by atoms with Gasteiger partial charge in [0.15, 0.2) is 0 Å². The molecule has 0 aliphatic rings. The quantitative estimate of drug-likeness (QED) is 0.751. The molecule has 3 rings (SSSR count). The Hall–Kier alpha value is -2.57. The van der Waals surface area contributed by atoms with Crippen molar-refractivity contribution in [1.82, 2.24) is 4.72 Å². The molecule has 0 amide bonds. The number of furan rings is 1. The monoisotopic (exact) mass is 329 g/mol. The van der Waals surface area contributed by atoms with Crippen LogP contribution in [-0.2, 0) is 16.6 Å². The summed E-state index contributed by atoms with van der Waals surface area (Å²) in [6.45, 7) is 0.109. The Balaban J connectivity index is 1.68. The van der Waals surface area contributed by atoms with Crippen LogP contribution in [0.1, 0.15) is 5.76 Å². The molecule has 6 heteroatoms. The van der Waals surface area contributed by atoms with Gasteiger partial charge in [0.05, 0.1) is 17.7 Å². The van der Waals surface area contributed by atoms with Crippen molar-refractivity contribution in [3.05, 3.63) is 78.8 Å². The van der Waals surface area contributed by atoms with E-state index in [1.807, 2.05) is 30.3 Å². The molecule has 0 spiro atoms. The zero-order valence-electron chi connectivity index (χ0n) is 12.2. The Morgan fingerprint density at radius 1 is 0.870 bits per heavy atom. The molecule has 0 saturated heterocycles. The van der Waals surface area contributed by atoms with Crippen LogP contribution >= 0.6 is 0 Å². The molecular weight excluding hydrogens is 314 g/mol. The lowest BCUT2D eigenvalue weighted by Crippen LogP contribution is -2.22. The number of nitrogens with one attached hydrogen (secondary N) is 1. The highest BCUT2D eigenvalue weighted by molar-refractivity contribution is 7.89. The number of hydrogen-bond acceptors (Lipinski definition) is 4. The molecule has 0 atom stereocenters. The summed E-state index contributed by atoms with van der Waals surface area (Å²) >= 11 is 0. The van der Waals surface area contributed by atoms with Crippen LogP contribution in [0.25, 0.3) is 0 Å². The van der Waals surface area contributed by atoms with E-state index in [1.165, 1.54) is 18.4 Å². The summed E-state index contributed by atoms with van der Waals surface area (Å²) in [7, 11) is -3.59. The number of ether oxygens (including phenoxy) is 1. The van der Waals surface area contributed by atoms with Gasteiger partial charge in [-0.15, -0.1) is 0 Å². The Kier molecular flexibility index (Phi) is 4.45. The van der Waals surface area contributed by atoms with Gasteiger partial charge in [0.25, 0.3) is 0 Å². The minimum atomic E-state index is -3.59. The second-order valence-corrected chi connectivity index (χ2v) is 6.56. The molecular formula is C17H15NO4S. The minimum Gasteiger partial charge on any atom is -0.468 e. The van der Waals surface area contributed by atoms with Gasteiger partial charge in [0, 0.05) is 0 Å². The molecule has 0 unspecified atom stereocenters. The van der Waals surface area contributed by atoms with Gasteiger partial charge in [0.1, 0.15) is 17.3 Å². The largest absolute Gasteiger partial charge is 0.468 e. The Labute approximate surface area is 134 Å². The van der Waals surface area contributed by atoms with Crippen LogP contribution in [0.4, 0.5) is 0 Å². The molecule has 1 aromatic heterocycles. The van der Waals surface area contributed by atoms with Crippen molar-refractivity contribution in [1.29, 1.82) is 0 Å². The summed E-state index contributed by atoms with van der Waals surface area (Å²) < 4.78 is 37.6. The lowest BCUT2D eigenvalue weighted by Gasteiger charge is -2.08. The topological polar surface area (TPSA) is 68.5 Å². The first-order valence-electron chi connectivity index (χ1n) is 6.98. The molecule has 1 heterocycles. The third-order valence-electron chi connectivity index (χ3n) is 3.13. The van der Waals surface area contributed by atoms with Gasteiger partial charge in [-0.25, -0.2) is 13.1 Å². The van der Waals surface area contributed by atoms with Crippen LogP contribution in [0.15, 0.2) is 82.3 Å². The molecule has 0 aliphatic heterocycles. The van der Waals surface area contributed by atoms with Crippen molar-refractivity contribution in [2.24, 2.45) is 0 Å². The molecule has 0 fully saturated rings. The highest BCUT2D eigenvalue weighted by atomic mass is 32.2. The van der Waals surface area contributed by atoms with Crippen molar-refractivity contribution < 1.29 is 17.6 Å². The van der Waals surface area contributed by atoms with Gasteiger partial charge >= 0.3 is 0 Å². The number of sulfonamides is 1. The fourth-order valence-corrected chi connectivity index (χ4v) is 2.97. The number of benzene rings is 2. The third-order valence-corrected chi connectivity index (χ3v) is 4.55. The SMILES string of the molecule is O=S(=O)(NCc1ccco1)c1ccc(Oc2ccccc2)cc1. The van der Waals surface area contributed by atoms with Crippen LogP contribution in [0.5, 0.6) is 11.5 Å². The van der Waals surface area contributed by atoms with E-state index >= 15 is 0 Å². The van der Waals surface area contributed by atoms with Crippen molar-refractivity contribution >= 4 is 10.0 Å². The molecule has 0 saturated carbocycles. The fourth-order valence-electron chi connectivity index (χ4n) is 1.97. The molecule has 5 nitrogen and oxygen atoms in total. The summed E-state index contributed by atoms with van der Waals surface area (Å²) in [6, 6.07) is 18.9. The summed E-state index contributed by atoms with van der Waals surface area (Å²) in [6.07, 6.45) is 1.50. The van der Waals surface area contributed by atoms with Gasteiger partial charge in [0.2, 0.25) is 10.0 Å². The van der Waals surface area contributed by atoms with Crippen molar-refractivity contribution in [2.45, 2.75) is 11.4 Å². The predicted octanol–water partition coefficient (Wildman–Crippen LogP) is 3.55. The fraction of sp³-hybridized carbons (Fsp3) is 0.0588. The number of hydrogen-bond donors (Lipinski definition) is 1. The lowest BCUT2D eigenvalue weighted by molar-refractivity contribution is 0.482. The first-order valence-corrected chi connectivity index (χ1v) is 8.47. The first kappa shape index (κ1) is 15.3. The third kappa shape index (κ3) is 4.00. The van der Waals surface area contributed by atoms with Gasteiger partial charge in [-0.05, 0) is 48.5 Å². The number of para-hydroxylation sites is 1. The van der Waals surface area contributed by atoms with Gasteiger partial charge in [-0.1, -0.05) is 18.2 Å². The molecule has 0 bridgehead atoms. The molecule has 0 radical (unpaired) electrons. The van der Waals surface area contributed by atoms with Crippen LogP contribution in [0, 0.1) is 0 Å². The normalized spacial score (nSPS) is 11.3. The molecule has 0 aliphatic carbocycles. The zero-order chi connectivity index (χ0) is 16.1. The maximum Gasteiger partial charge on any atom is 0.240 e.